The van der Waals surface area contributed by atoms with Crippen LogP contribution in [0, 0.1) is 5.82 Å². The largest absolute Gasteiger partial charge is 0.497 e. The van der Waals surface area contributed by atoms with Crippen LogP contribution in [0.5, 0.6) is 5.75 Å². The summed E-state index contributed by atoms with van der Waals surface area (Å²) in [6.07, 6.45) is 8.26. The molecule has 2 N–H and O–H groups in total. The number of nitrogens with one attached hydrogen (secondary N) is 2. The predicted octanol–water partition coefficient (Wildman–Crippen LogP) is 4.17. The van der Waals surface area contributed by atoms with Gasteiger partial charge in [0.25, 0.3) is 0 Å². The number of hydrogen-bond donors (Lipinski definition) is 2. The summed E-state index contributed by atoms with van der Waals surface area (Å²) in [7, 11) is 1.50. The molecule has 0 radical (unpaired) electrons. The van der Waals surface area contributed by atoms with Gasteiger partial charge in [0, 0.05) is 42.0 Å². The molecule has 6 rings (SSSR count). The average Bonchev–Trinajstić information content (AvgIpc) is 3.47. The molecule has 6 aromatic rings. The monoisotopic (exact) mass is 438 g/mol. The highest BCUT2D eigenvalue weighted by Gasteiger charge is 2.17. The molecule has 0 amide bonds. The normalized spacial score (nSPS) is 11.3. The Morgan fingerprint density at radius 1 is 0.909 bits per heavy atom. The van der Waals surface area contributed by atoms with Gasteiger partial charge in [-0.3, -0.25) is 15.1 Å². The van der Waals surface area contributed by atoms with E-state index >= 15 is 0 Å². The van der Waals surface area contributed by atoms with Crippen molar-refractivity contribution in [2.45, 2.75) is 0 Å². The van der Waals surface area contributed by atoms with Crippen molar-refractivity contribution in [1.82, 2.24) is 40.1 Å². The van der Waals surface area contributed by atoms with Crippen LogP contribution < -0.4 is 4.74 Å². The lowest BCUT2D eigenvalue weighted by molar-refractivity contribution is 0.411. The van der Waals surface area contributed by atoms with Crippen LogP contribution in [-0.2, 0) is 0 Å². The summed E-state index contributed by atoms with van der Waals surface area (Å²) < 4.78 is 19.3. The van der Waals surface area contributed by atoms with Crippen LogP contribution in [0.25, 0.3) is 56.1 Å². The van der Waals surface area contributed by atoms with Crippen LogP contribution in [0.3, 0.4) is 0 Å². The van der Waals surface area contributed by atoms with Gasteiger partial charge < -0.3 is 9.72 Å². The topological polar surface area (TPSA) is 118 Å². The van der Waals surface area contributed by atoms with Crippen LogP contribution >= 0.6 is 0 Å². The number of fused-ring (bicyclic) bond motifs is 2. The number of aromatic nitrogens is 8. The summed E-state index contributed by atoms with van der Waals surface area (Å²) in [6.45, 7) is 0. The van der Waals surface area contributed by atoms with E-state index in [9.17, 15) is 4.39 Å². The maximum atomic E-state index is 14.1. The van der Waals surface area contributed by atoms with Gasteiger partial charge in [-0.1, -0.05) is 0 Å². The molecule has 0 aliphatic carbocycles. The van der Waals surface area contributed by atoms with Crippen molar-refractivity contribution < 1.29 is 9.13 Å². The lowest BCUT2D eigenvalue weighted by Crippen LogP contribution is -1.88. The van der Waals surface area contributed by atoms with Gasteiger partial charge in [0.05, 0.1) is 29.9 Å². The second-order valence-electron chi connectivity index (χ2n) is 7.31. The third-order valence-electron chi connectivity index (χ3n) is 5.32. The van der Waals surface area contributed by atoms with Crippen LogP contribution in [0.1, 0.15) is 0 Å². The Morgan fingerprint density at radius 2 is 1.85 bits per heavy atom. The Hall–Kier alpha value is -4.73. The minimum absolute atomic E-state index is 0.392. The first-order valence-electron chi connectivity index (χ1n) is 10.00. The molecule has 0 bridgehead atoms. The Morgan fingerprint density at radius 3 is 2.70 bits per heavy atom. The lowest BCUT2D eigenvalue weighted by Gasteiger charge is -2.06. The first-order valence-corrected chi connectivity index (χ1v) is 10.00. The zero-order chi connectivity index (χ0) is 22.4. The fourth-order valence-electron chi connectivity index (χ4n) is 3.77. The second kappa shape index (κ2) is 7.45. The van der Waals surface area contributed by atoms with Gasteiger partial charge in [0.15, 0.2) is 17.1 Å². The van der Waals surface area contributed by atoms with Crippen molar-refractivity contribution in [3.8, 4) is 39.7 Å². The number of ether oxygens (including phenoxy) is 1. The number of aromatic amines is 2. The summed E-state index contributed by atoms with van der Waals surface area (Å²) in [5.41, 5.74) is 5.26. The van der Waals surface area contributed by atoms with Crippen molar-refractivity contribution in [3.05, 3.63) is 67.1 Å². The summed E-state index contributed by atoms with van der Waals surface area (Å²) in [6, 6.07) is 8.28. The van der Waals surface area contributed by atoms with E-state index < -0.39 is 5.82 Å². The molecular formula is C23H15FN8O. The SMILES string of the molecule is COc1cc(F)cc(-c2ccnc3nc(-c4[nH]nc5ncc(-c6cnccn6)cc45)[nH]c23)c1. The predicted molar refractivity (Wildman–Crippen MR) is 120 cm³/mol. The molecule has 0 saturated heterocycles. The minimum atomic E-state index is -0.392. The molecule has 160 valence electrons. The zero-order valence-electron chi connectivity index (χ0n) is 17.2. The van der Waals surface area contributed by atoms with Crippen molar-refractivity contribution in [2.24, 2.45) is 0 Å². The van der Waals surface area contributed by atoms with Crippen LogP contribution in [0.4, 0.5) is 4.39 Å². The Balaban J connectivity index is 1.50. The van der Waals surface area contributed by atoms with Crippen LogP contribution in [-0.4, -0.2) is 47.2 Å². The van der Waals surface area contributed by atoms with E-state index in [-0.39, 0.29) is 0 Å². The molecule has 0 aliphatic rings. The number of imidazole rings is 1. The van der Waals surface area contributed by atoms with Gasteiger partial charge in [0.1, 0.15) is 17.3 Å². The molecule has 0 spiro atoms. The van der Waals surface area contributed by atoms with Gasteiger partial charge in [-0.25, -0.2) is 19.3 Å². The molecule has 1 aromatic carbocycles. The standard InChI is InChI=1S/C23H15FN8O/c1-33-15-7-12(6-14(24)9-15)16-2-3-27-22-19(16)29-23(30-22)20-17-8-13(10-28-21(17)32-31-20)18-11-25-4-5-26-18/h2-11H,1H3,(H,27,29,30)(H,28,31,32). The van der Waals surface area contributed by atoms with E-state index in [1.807, 2.05) is 6.07 Å². The van der Waals surface area contributed by atoms with E-state index in [0.29, 0.717) is 45.3 Å². The van der Waals surface area contributed by atoms with Crippen molar-refractivity contribution in [3.63, 3.8) is 0 Å². The van der Waals surface area contributed by atoms with Crippen LogP contribution in [0.2, 0.25) is 0 Å². The quantitative estimate of drug-likeness (QED) is 0.424. The number of rotatable bonds is 4. The molecule has 0 fully saturated rings. The van der Waals surface area contributed by atoms with Crippen molar-refractivity contribution in [1.29, 1.82) is 0 Å². The third kappa shape index (κ3) is 3.24. The van der Waals surface area contributed by atoms with Crippen molar-refractivity contribution >= 4 is 22.2 Å². The molecule has 0 atom stereocenters. The number of H-pyrrole nitrogens is 2. The molecular weight excluding hydrogens is 423 g/mol. The summed E-state index contributed by atoms with van der Waals surface area (Å²) in [5, 5.41) is 8.07. The maximum absolute atomic E-state index is 14.1. The van der Waals surface area contributed by atoms with E-state index in [0.717, 1.165) is 16.5 Å². The minimum Gasteiger partial charge on any atom is -0.497 e. The molecule has 10 heteroatoms. The second-order valence-corrected chi connectivity index (χ2v) is 7.31. The molecule has 0 aliphatic heterocycles. The lowest BCUT2D eigenvalue weighted by atomic mass is 10.1. The van der Waals surface area contributed by atoms with Gasteiger partial charge >= 0.3 is 0 Å². The number of halogens is 1. The number of methoxy groups -OCH3 is 1. The van der Waals surface area contributed by atoms with Gasteiger partial charge in [-0.2, -0.15) is 5.10 Å². The fourth-order valence-corrected chi connectivity index (χ4v) is 3.77. The highest BCUT2D eigenvalue weighted by Crippen LogP contribution is 2.33. The zero-order valence-corrected chi connectivity index (χ0v) is 17.2. The number of hydrogen-bond acceptors (Lipinski definition) is 7. The Bertz CT molecular complexity index is 1630. The number of nitrogens with zero attached hydrogens (tertiary/aromatic N) is 6. The van der Waals surface area contributed by atoms with E-state index in [2.05, 4.69) is 40.1 Å². The average molecular weight is 438 g/mol. The fraction of sp³-hybridized carbons (Fsp3) is 0.0435. The summed E-state index contributed by atoms with van der Waals surface area (Å²) in [4.78, 5) is 25.2. The highest BCUT2D eigenvalue weighted by atomic mass is 19.1. The molecule has 0 saturated carbocycles. The van der Waals surface area contributed by atoms with E-state index in [1.54, 1.807) is 43.1 Å². The number of benzene rings is 1. The van der Waals surface area contributed by atoms with E-state index in [1.165, 1.54) is 19.2 Å². The highest BCUT2D eigenvalue weighted by molar-refractivity contribution is 5.96. The molecule has 0 unspecified atom stereocenters. The molecule has 5 heterocycles. The molecule has 9 nitrogen and oxygen atoms in total. The van der Waals surface area contributed by atoms with Crippen molar-refractivity contribution in [2.75, 3.05) is 7.11 Å². The first kappa shape index (κ1) is 19.0. The van der Waals surface area contributed by atoms with Gasteiger partial charge in [-0.15, -0.1) is 0 Å². The Labute approximate surface area is 185 Å². The van der Waals surface area contributed by atoms with E-state index in [4.69, 9.17) is 4.74 Å². The smallest absolute Gasteiger partial charge is 0.181 e. The first-order chi connectivity index (χ1) is 16.2. The molecule has 5 aromatic heterocycles. The van der Waals surface area contributed by atoms with Gasteiger partial charge in [-0.05, 0) is 29.8 Å². The molecule has 33 heavy (non-hydrogen) atoms. The number of pyridine rings is 2. The summed E-state index contributed by atoms with van der Waals surface area (Å²) in [5.74, 6) is 0.571. The summed E-state index contributed by atoms with van der Waals surface area (Å²) >= 11 is 0. The van der Waals surface area contributed by atoms with Gasteiger partial charge in [0.2, 0.25) is 0 Å². The maximum Gasteiger partial charge on any atom is 0.181 e. The van der Waals surface area contributed by atoms with Crippen LogP contribution in [0.15, 0.2) is 61.3 Å². The third-order valence-corrected chi connectivity index (χ3v) is 5.32. The Kier molecular flexibility index (Phi) is 4.29.